The molecule has 0 radical (unpaired) electrons. The quantitative estimate of drug-likeness (QED) is 0.638. The van der Waals surface area contributed by atoms with Crippen molar-refractivity contribution in [3.8, 4) is 0 Å². The van der Waals surface area contributed by atoms with Crippen LogP contribution < -0.4 is 4.72 Å². The van der Waals surface area contributed by atoms with Gasteiger partial charge >= 0.3 is 0 Å². The molecule has 1 aromatic rings. The molecule has 20 heavy (non-hydrogen) atoms. The zero-order valence-corrected chi connectivity index (χ0v) is 12.7. The van der Waals surface area contributed by atoms with E-state index in [9.17, 15) is 8.42 Å². The molecule has 0 saturated heterocycles. The number of aromatic nitrogens is 2. The first-order chi connectivity index (χ1) is 9.58. The topological polar surface area (TPSA) is 81.2 Å². The first kappa shape index (κ1) is 15.6. The fourth-order valence-corrected chi connectivity index (χ4v) is 3.16. The van der Waals surface area contributed by atoms with Crippen molar-refractivity contribution in [2.75, 3.05) is 13.2 Å². The lowest BCUT2D eigenvalue weighted by Crippen LogP contribution is -2.29. The van der Waals surface area contributed by atoms with Gasteiger partial charge in [-0.1, -0.05) is 19.3 Å². The van der Waals surface area contributed by atoms with Crippen molar-refractivity contribution in [2.24, 2.45) is 0 Å². The third-order valence-corrected chi connectivity index (χ3v) is 4.82. The van der Waals surface area contributed by atoms with Gasteiger partial charge < -0.3 is 4.74 Å². The minimum atomic E-state index is -3.59. The number of hydrogen-bond donors (Lipinski definition) is 1. The Hall–Kier alpha value is -0.760. The van der Waals surface area contributed by atoms with E-state index in [0.717, 1.165) is 12.8 Å². The predicted molar refractivity (Wildman–Crippen MR) is 75.1 cm³/mol. The van der Waals surface area contributed by atoms with E-state index >= 15 is 0 Å². The van der Waals surface area contributed by atoms with E-state index in [2.05, 4.69) is 14.7 Å². The van der Waals surface area contributed by atoms with Crippen LogP contribution in [0.25, 0.3) is 0 Å². The second-order valence-corrected chi connectivity index (χ2v) is 6.82. The Morgan fingerprint density at radius 1 is 1.25 bits per heavy atom. The van der Waals surface area contributed by atoms with Crippen LogP contribution in [0.1, 0.15) is 32.1 Å². The molecule has 0 aromatic carbocycles. The fraction of sp³-hybridized carbons (Fsp3) is 0.667. The molecule has 0 atom stereocenters. The number of halogens is 1. The molecular formula is C12H18ClN3O3S. The Kier molecular flexibility index (Phi) is 5.71. The van der Waals surface area contributed by atoms with E-state index in [-0.39, 0.29) is 22.8 Å². The summed E-state index contributed by atoms with van der Waals surface area (Å²) in [4.78, 5) is 7.30. The fourth-order valence-electron chi connectivity index (χ4n) is 2.16. The van der Waals surface area contributed by atoms with Crippen molar-refractivity contribution in [3.05, 3.63) is 17.7 Å². The van der Waals surface area contributed by atoms with Crippen LogP contribution in [0.2, 0.25) is 5.28 Å². The van der Waals surface area contributed by atoms with Crippen molar-refractivity contribution >= 4 is 21.6 Å². The number of sulfonamides is 1. The van der Waals surface area contributed by atoms with Crippen molar-refractivity contribution in [2.45, 2.75) is 43.1 Å². The van der Waals surface area contributed by atoms with Crippen molar-refractivity contribution in [1.82, 2.24) is 14.7 Å². The molecule has 0 amide bonds. The minimum absolute atomic E-state index is 0.000401. The summed E-state index contributed by atoms with van der Waals surface area (Å²) in [5, 5.41) is 0.0181. The molecule has 2 rings (SSSR count). The third kappa shape index (κ3) is 4.66. The second kappa shape index (κ2) is 7.31. The zero-order valence-electron chi connectivity index (χ0n) is 11.1. The Morgan fingerprint density at radius 3 is 2.55 bits per heavy atom. The summed E-state index contributed by atoms with van der Waals surface area (Å²) in [5.74, 6) is 0. The number of nitrogens with zero attached hydrogens (tertiary/aromatic N) is 2. The second-order valence-electron chi connectivity index (χ2n) is 4.72. The molecule has 0 spiro atoms. The highest BCUT2D eigenvalue weighted by atomic mass is 35.5. The molecule has 1 N–H and O–H groups in total. The van der Waals surface area contributed by atoms with Gasteiger partial charge in [-0.2, -0.15) is 0 Å². The Morgan fingerprint density at radius 2 is 1.90 bits per heavy atom. The normalized spacial score (nSPS) is 17.2. The highest BCUT2D eigenvalue weighted by Crippen LogP contribution is 2.19. The van der Waals surface area contributed by atoms with Crippen LogP contribution in [0.3, 0.4) is 0 Å². The molecule has 8 heteroatoms. The maximum absolute atomic E-state index is 11.9. The summed E-state index contributed by atoms with van der Waals surface area (Å²) >= 11 is 5.52. The molecule has 1 heterocycles. The molecule has 1 saturated carbocycles. The average molecular weight is 320 g/mol. The zero-order chi connectivity index (χ0) is 14.4. The maximum Gasteiger partial charge on any atom is 0.243 e. The highest BCUT2D eigenvalue weighted by Gasteiger charge is 2.16. The standard InChI is InChI=1S/C12H18ClN3O3S/c13-12-14-8-11(9-15-12)20(17,18)16-6-7-19-10-4-2-1-3-5-10/h8-10,16H,1-7H2. The molecule has 0 bridgehead atoms. The molecule has 0 unspecified atom stereocenters. The van der Waals surface area contributed by atoms with Crippen molar-refractivity contribution in [3.63, 3.8) is 0 Å². The molecule has 1 aliphatic rings. The Bertz CT molecular complexity index is 515. The van der Waals surface area contributed by atoms with E-state index in [0.29, 0.717) is 6.61 Å². The smallest absolute Gasteiger partial charge is 0.243 e. The largest absolute Gasteiger partial charge is 0.377 e. The molecule has 1 aromatic heterocycles. The number of ether oxygens (including phenoxy) is 1. The van der Waals surface area contributed by atoms with Gasteiger partial charge in [-0.3, -0.25) is 0 Å². The lowest BCUT2D eigenvalue weighted by atomic mass is 9.98. The molecule has 1 aliphatic carbocycles. The number of hydrogen-bond acceptors (Lipinski definition) is 5. The van der Waals surface area contributed by atoms with Crippen LogP contribution >= 0.6 is 11.6 Å². The summed E-state index contributed by atoms with van der Waals surface area (Å²) in [6.45, 7) is 0.611. The van der Waals surface area contributed by atoms with Gasteiger partial charge in [-0.05, 0) is 24.4 Å². The number of nitrogens with one attached hydrogen (secondary N) is 1. The van der Waals surface area contributed by atoms with E-state index < -0.39 is 10.0 Å². The molecular weight excluding hydrogens is 302 g/mol. The van der Waals surface area contributed by atoms with E-state index in [1.807, 2.05) is 0 Å². The molecule has 112 valence electrons. The van der Waals surface area contributed by atoms with Crippen molar-refractivity contribution in [1.29, 1.82) is 0 Å². The lowest BCUT2D eigenvalue weighted by molar-refractivity contribution is 0.0321. The monoisotopic (exact) mass is 319 g/mol. The molecule has 6 nitrogen and oxygen atoms in total. The van der Waals surface area contributed by atoms with Gasteiger partial charge in [-0.25, -0.2) is 23.1 Å². The van der Waals surface area contributed by atoms with Crippen LogP contribution in [-0.2, 0) is 14.8 Å². The van der Waals surface area contributed by atoms with Crippen LogP contribution in [0.5, 0.6) is 0 Å². The molecule has 0 aliphatic heterocycles. The summed E-state index contributed by atoms with van der Waals surface area (Å²) in [6, 6.07) is 0. The minimum Gasteiger partial charge on any atom is -0.377 e. The van der Waals surface area contributed by atoms with Gasteiger partial charge in [0, 0.05) is 6.54 Å². The van der Waals surface area contributed by atoms with Crippen molar-refractivity contribution < 1.29 is 13.2 Å². The summed E-state index contributed by atoms with van der Waals surface area (Å²) in [6.07, 6.45) is 8.42. The van der Waals surface area contributed by atoms with Gasteiger partial charge in [0.25, 0.3) is 0 Å². The SMILES string of the molecule is O=S(=O)(NCCOC1CCCCC1)c1cnc(Cl)nc1. The predicted octanol–water partition coefficient (Wildman–Crippen LogP) is 1.76. The molecule has 1 fully saturated rings. The van der Waals surface area contributed by atoms with Crippen LogP contribution in [0, 0.1) is 0 Å². The summed E-state index contributed by atoms with van der Waals surface area (Å²) in [7, 11) is -3.59. The van der Waals surface area contributed by atoms with Crippen LogP contribution in [0.4, 0.5) is 0 Å². The van der Waals surface area contributed by atoms with Gasteiger partial charge in [0.1, 0.15) is 4.90 Å². The van der Waals surface area contributed by atoms with E-state index in [1.54, 1.807) is 0 Å². The van der Waals surface area contributed by atoms with Gasteiger partial charge in [-0.15, -0.1) is 0 Å². The van der Waals surface area contributed by atoms with E-state index in [4.69, 9.17) is 16.3 Å². The van der Waals surface area contributed by atoms with Crippen LogP contribution in [0.15, 0.2) is 17.3 Å². The number of rotatable bonds is 6. The summed E-state index contributed by atoms with van der Waals surface area (Å²) in [5.41, 5.74) is 0. The van der Waals surface area contributed by atoms with Gasteiger partial charge in [0.15, 0.2) is 0 Å². The first-order valence-corrected chi connectivity index (χ1v) is 8.53. The van der Waals surface area contributed by atoms with Crippen LogP contribution in [-0.4, -0.2) is 37.6 Å². The van der Waals surface area contributed by atoms with E-state index in [1.165, 1.54) is 31.7 Å². The Labute approximate surface area is 124 Å². The third-order valence-electron chi connectivity index (χ3n) is 3.21. The average Bonchev–Trinajstić information content (AvgIpc) is 2.45. The Balaban J connectivity index is 1.76. The first-order valence-electron chi connectivity index (χ1n) is 6.67. The maximum atomic E-state index is 11.9. The van der Waals surface area contributed by atoms with Gasteiger partial charge in [0.05, 0.1) is 25.1 Å². The highest BCUT2D eigenvalue weighted by molar-refractivity contribution is 7.89. The lowest BCUT2D eigenvalue weighted by Gasteiger charge is -2.21. The van der Waals surface area contributed by atoms with Gasteiger partial charge in [0.2, 0.25) is 15.3 Å². The summed E-state index contributed by atoms with van der Waals surface area (Å²) < 4.78 is 31.9.